The molecule has 0 aromatic rings. The first-order valence-electron chi connectivity index (χ1n) is 7.50. The summed E-state index contributed by atoms with van der Waals surface area (Å²) in [6.07, 6.45) is 3.77. The third kappa shape index (κ3) is 7.45. The molecular weight excluding hydrogens is 260 g/mol. The molecule has 0 aromatic heterocycles. The summed E-state index contributed by atoms with van der Waals surface area (Å²) in [7, 11) is 0. The van der Waals surface area contributed by atoms with Gasteiger partial charge in [-0.15, -0.1) is 0 Å². The number of esters is 2. The molecule has 0 aliphatic carbocycles. The number of ether oxygens (including phenoxy) is 2. The first-order chi connectivity index (χ1) is 9.74. The number of nitrogens with zero attached hydrogens (tertiary/aromatic N) is 2. The predicted molar refractivity (Wildman–Crippen MR) is 73.3 cm³/mol. The first-order valence-corrected chi connectivity index (χ1v) is 7.50. The van der Waals surface area contributed by atoms with Gasteiger partial charge in [-0.25, -0.2) is 0 Å². The molecule has 0 atom stereocenters. The van der Waals surface area contributed by atoms with E-state index in [2.05, 4.69) is 0 Å². The molecule has 0 N–H and O–H groups in total. The normalized spacial score (nSPS) is 17.8. The highest BCUT2D eigenvalue weighted by Gasteiger charge is 2.21. The molecule has 2 aliphatic rings. The van der Waals surface area contributed by atoms with Crippen molar-refractivity contribution in [3.05, 3.63) is 0 Å². The van der Waals surface area contributed by atoms with E-state index in [-0.39, 0.29) is 11.9 Å². The van der Waals surface area contributed by atoms with Crippen molar-refractivity contribution in [3.63, 3.8) is 0 Å². The Morgan fingerprint density at radius 1 is 0.700 bits per heavy atom. The van der Waals surface area contributed by atoms with Crippen LogP contribution in [0, 0.1) is 0 Å². The topological polar surface area (TPSA) is 58.6 Å². The van der Waals surface area contributed by atoms with Gasteiger partial charge < -0.3 is 9.47 Å². The molecule has 0 unspecified atom stereocenters. The van der Waals surface area contributed by atoms with Gasteiger partial charge in [0, 0.05) is 26.2 Å². The minimum absolute atomic E-state index is 0.119. The fourth-order valence-corrected chi connectivity index (χ4v) is 1.84. The summed E-state index contributed by atoms with van der Waals surface area (Å²) in [5, 5.41) is 0. The maximum Gasteiger partial charge on any atom is 0.320 e. The van der Waals surface area contributed by atoms with Gasteiger partial charge in [-0.05, 0) is 25.7 Å². The lowest BCUT2D eigenvalue weighted by Crippen LogP contribution is -2.17. The molecule has 0 aromatic carbocycles. The molecule has 0 amide bonds. The molecular formula is C14H24N2O4. The third-order valence-electron chi connectivity index (χ3n) is 3.35. The van der Waals surface area contributed by atoms with Crippen LogP contribution in [0.3, 0.4) is 0 Å². The minimum atomic E-state index is -0.119. The molecule has 0 spiro atoms. The largest absolute Gasteiger partial charge is 0.465 e. The maximum atomic E-state index is 11.3. The van der Waals surface area contributed by atoms with E-state index in [1.807, 2.05) is 9.80 Å². The Bertz CT molecular complexity index is 295. The van der Waals surface area contributed by atoms with Gasteiger partial charge in [0.05, 0.1) is 26.3 Å². The third-order valence-corrected chi connectivity index (χ3v) is 3.35. The smallest absolute Gasteiger partial charge is 0.320 e. The Labute approximate surface area is 120 Å². The van der Waals surface area contributed by atoms with Gasteiger partial charge in [-0.1, -0.05) is 0 Å². The average Bonchev–Trinajstić information content (AvgIpc) is 3.29. The fraction of sp³-hybridized carbons (Fsp3) is 0.857. The molecule has 114 valence electrons. The SMILES string of the molecule is O=C(CN1CC1)OCCCCCCOC(=O)CN1CC1. The van der Waals surface area contributed by atoms with Gasteiger partial charge >= 0.3 is 11.9 Å². The van der Waals surface area contributed by atoms with Crippen LogP contribution in [-0.2, 0) is 19.1 Å². The highest BCUT2D eigenvalue weighted by Crippen LogP contribution is 2.05. The van der Waals surface area contributed by atoms with Crippen LogP contribution in [0.2, 0.25) is 0 Å². The van der Waals surface area contributed by atoms with Gasteiger partial charge in [0.2, 0.25) is 0 Å². The summed E-state index contributed by atoms with van der Waals surface area (Å²) in [5.74, 6) is -0.238. The van der Waals surface area contributed by atoms with Gasteiger partial charge in [0.25, 0.3) is 0 Å². The highest BCUT2D eigenvalue weighted by atomic mass is 16.5. The van der Waals surface area contributed by atoms with Crippen LogP contribution in [0.15, 0.2) is 0 Å². The van der Waals surface area contributed by atoms with E-state index in [0.717, 1.165) is 51.9 Å². The van der Waals surface area contributed by atoms with E-state index in [9.17, 15) is 9.59 Å². The van der Waals surface area contributed by atoms with Crippen molar-refractivity contribution in [1.82, 2.24) is 9.80 Å². The highest BCUT2D eigenvalue weighted by molar-refractivity contribution is 5.72. The zero-order chi connectivity index (χ0) is 14.2. The molecule has 6 heteroatoms. The Morgan fingerprint density at radius 3 is 1.45 bits per heavy atom. The molecule has 0 saturated carbocycles. The van der Waals surface area contributed by atoms with Crippen LogP contribution >= 0.6 is 0 Å². The fourth-order valence-electron chi connectivity index (χ4n) is 1.84. The number of rotatable bonds is 11. The monoisotopic (exact) mass is 284 g/mol. The summed E-state index contributed by atoms with van der Waals surface area (Å²) in [6, 6.07) is 0. The summed E-state index contributed by atoms with van der Waals surface area (Å²) in [4.78, 5) is 26.6. The van der Waals surface area contributed by atoms with Crippen molar-refractivity contribution >= 4 is 11.9 Å². The summed E-state index contributed by atoms with van der Waals surface area (Å²) >= 11 is 0. The van der Waals surface area contributed by atoms with E-state index in [1.165, 1.54) is 0 Å². The van der Waals surface area contributed by atoms with E-state index in [1.54, 1.807) is 0 Å². The zero-order valence-corrected chi connectivity index (χ0v) is 12.0. The molecule has 2 rings (SSSR count). The average molecular weight is 284 g/mol. The molecule has 6 nitrogen and oxygen atoms in total. The van der Waals surface area contributed by atoms with Crippen LogP contribution in [0.5, 0.6) is 0 Å². The van der Waals surface area contributed by atoms with E-state index in [0.29, 0.717) is 26.3 Å². The molecule has 20 heavy (non-hydrogen) atoms. The van der Waals surface area contributed by atoms with Crippen molar-refractivity contribution in [1.29, 1.82) is 0 Å². The van der Waals surface area contributed by atoms with Gasteiger partial charge in [0.1, 0.15) is 0 Å². The lowest BCUT2D eigenvalue weighted by Gasteiger charge is -2.06. The Hall–Kier alpha value is -1.14. The second-order valence-corrected chi connectivity index (χ2v) is 5.41. The van der Waals surface area contributed by atoms with Crippen LogP contribution < -0.4 is 0 Å². The van der Waals surface area contributed by atoms with E-state index < -0.39 is 0 Å². The summed E-state index contributed by atoms with van der Waals surface area (Å²) in [5.41, 5.74) is 0. The van der Waals surface area contributed by atoms with Crippen molar-refractivity contribution in [2.24, 2.45) is 0 Å². The number of unbranched alkanes of at least 4 members (excludes halogenated alkanes) is 3. The quantitative estimate of drug-likeness (QED) is 0.308. The molecule has 0 bridgehead atoms. The van der Waals surface area contributed by atoms with Crippen molar-refractivity contribution < 1.29 is 19.1 Å². The van der Waals surface area contributed by atoms with E-state index in [4.69, 9.17) is 9.47 Å². The Kier molecular flexibility index (Phi) is 6.26. The van der Waals surface area contributed by atoms with Crippen molar-refractivity contribution in [2.45, 2.75) is 25.7 Å². The predicted octanol–water partition coefficient (Wildman–Crippen LogP) is 0.264. The van der Waals surface area contributed by atoms with Gasteiger partial charge in [-0.3, -0.25) is 19.4 Å². The van der Waals surface area contributed by atoms with Gasteiger partial charge in [0.15, 0.2) is 0 Å². The van der Waals surface area contributed by atoms with Crippen molar-refractivity contribution in [3.8, 4) is 0 Å². The van der Waals surface area contributed by atoms with Crippen LogP contribution in [0.25, 0.3) is 0 Å². The Balaban J connectivity index is 1.30. The van der Waals surface area contributed by atoms with Gasteiger partial charge in [-0.2, -0.15) is 0 Å². The molecule has 0 radical (unpaired) electrons. The molecule has 2 aliphatic heterocycles. The lowest BCUT2D eigenvalue weighted by atomic mass is 10.2. The molecule has 2 heterocycles. The molecule has 2 fully saturated rings. The first kappa shape index (κ1) is 15.3. The van der Waals surface area contributed by atoms with Crippen molar-refractivity contribution in [2.75, 3.05) is 52.5 Å². The molecule has 2 saturated heterocycles. The van der Waals surface area contributed by atoms with Crippen LogP contribution in [0.4, 0.5) is 0 Å². The van der Waals surface area contributed by atoms with Crippen LogP contribution in [-0.4, -0.2) is 74.2 Å². The summed E-state index contributed by atoms with van der Waals surface area (Å²) in [6.45, 7) is 5.96. The van der Waals surface area contributed by atoms with E-state index >= 15 is 0 Å². The minimum Gasteiger partial charge on any atom is -0.465 e. The standard InChI is InChI=1S/C14H24N2O4/c17-13(11-15-5-6-15)19-9-3-1-2-4-10-20-14(18)12-16-7-8-16/h1-12H2. The lowest BCUT2D eigenvalue weighted by molar-refractivity contribution is -0.145. The zero-order valence-electron chi connectivity index (χ0n) is 12.0. The Morgan fingerprint density at radius 2 is 1.10 bits per heavy atom. The number of carbonyl (C=O) groups is 2. The number of carbonyl (C=O) groups excluding carboxylic acids is 2. The summed E-state index contributed by atoms with van der Waals surface area (Å²) < 4.78 is 10.2. The number of hydrogen-bond acceptors (Lipinski definition) is 6. The second-order valence-electron chi connectivity index (χ2n) is 5.41. The second kappa shape index (κ2) is 8.21. The maximum absolute atomic E-state index is 11.3. The van der Waals surface area contributed by atoms with Crippen LogP contribution in [0.1, 0.15) is 25.7 Å². The number of hydrogen-bond donors (Lipinski definition) is 0.